The zero-order chi connectivity index (χ0) is 18.7. The topological polar surface area (TPSA) is 57.3 Å². The van der Waals surface area contributed by atoms with E-state index in [0.29, 0.717) is 21.4 Å². The Kier molecular flexibility index (Phi) is 5.70. The van der Waals surface area contributed by atoms with Crippen molar-refractivity contribution in [2.75, 3.05) is 0 Å². The average Bonchev–Trinajstić information content (AvgIpc) is 2.94. The van der Waals surface area contributed by atoms with Gasteiger partial charge in [-0.25, -0.2) is 9.07 Å². The molecule has 0 saturated heterocycles. The maximum absolute atomic E-state index is 12.9. The van der Waals surface area contributed by atoms with Gasteiger partial charge in [0.15, 0.2) is 12.4 Å². The molecule has 0 aliphatic carbocycles. The molecule has 5 nitrogen and oxygen atoms in total. The van der Waals surface area contributed by atoms with E-state index in [0.717, 1.165) is 0 Å². The molecule has 0 bridgehead atoms. The van der Waals surface area contributed by atoms with E-state index in [9.17, 15) is 9.18 Å². The molecule has 0 unspecified atom stereocenters. The summed E-state index contributed by atoms with van der Waals surface area (Å²) in [4.78, 5) is 12.2. The molecule has 134 valence electrons. The highest BCUT2D eigenvalue weighted by Crippen LogP contribution is 2.28. The van der Waals surface area contributed by atoms with Crippen LogP contribution in [0.3, 0.4) is 0 Å². The number of benzene rings is 2. The first-order chi connectivity index (χ1) is 12.4. The summed E-state index contributed by atoms with van der Waals surface area (Å²) < 4.78 is 25.0. The van der Waals surface area contributed by atoms with Crippen LogP contribution in [0, 0.1) is 10.7 Å². The SMILES string of the molecule is O=C(Cn1nc(COc2ccc(Cl)cc2Cl)oc1=S)c1ccc(F)cc1. The van der Waals surface area contributed by atoms with Gasteiger partial charge in [-0.15, -0.1) is 5.10 Å². The zero-order valence-electron chi connectivity index (χ0n) is 13.1. The minimum absolute atomic E-state index is 0.0251. The summed E-state index contributed by atoms with van der Waals surface area (Å²) in [5.41, 5.74) is 0.349. The summed E-state index contributed by atoms with van der Waals surface area (Å²) in [6, 6.07) is 10.0. The van der Waals surface area contributed by atoms with Crippen LogP contribution in [0.1, 0.15) is 16.2 Å². The van der Waals surface area contributed by atoms with Gasteiger partial charge in [-0.1, -0.05) is 23.2 Å². The van der Waals surface area contributed by atoms with E-state index < -0.39 is 5.82 Å². The Labute approximate surface area is 162 Å². The Morgan fingerprint density at radius 3 is 2.65 bits per heavy atom. The van der Waals surface area contributed by atoms with Gasteiger partial charge in [0, 0.05) is 10.6 Å². The lowest BCUT2D eigenvalue weighted by atomic mass is 10.1. The smallest absolute Gasteiger partial charge is 0.287 e. The number of carbonyl (C=O) groups excluding carboxylic acids is 1. The van der Waals surface area contributed by atoms with E-state index >= 15 is 0 Å². The molecular weight excluding hydrogens is 402 g/mol. The van der Waals surface area contributed by atoms with Crippen LogP contribution in [0.2, 0.25) is 10.0 Å². The van der Waals surface area contributed by atoms with Crippen molar-refractivity contribution in [3.05, 3.63) is 74.6 Å². The molecule has 26 heavy (non-hydrogen) atoms. The maximum Gasteiger partial charge on any atom is 0.287 e. The summed E-state index contributed by atoms with van der Waals surface area (Å²) in [5, 5.41) is 4.95. The predicted octanol–water partition coefficient (Wildman–Crippen LogP) is 5.11. The van der Waals surface area contributed by atoms with Crippen LogP contribution in [0.5, 0.6) is 5.75 Å². The fourth-order valence-corrected chi connectivity index (χ4v) is 2.77. The third-order valence-corrected chi connectivity index (χ3v) is 4.18. The summed E-state index contributed by atoms with van der Waals surface area (Å²) in [7, 11) is 0. The number of hydrogen-bond donors (Lipinski definition) is 0. The van der Waals surface area contributed by atoms with Crippen LogP contribution < -0.4 is 4.74 Å². The highest BCUT2D eigenvalue weighted by molar-refractivity contribution is 7.71. The molecule has 0 saturated carbocycles. The van der Waals surface area contributed by atoms with Gasteiger partial charge >= 0.3 is 0 Å². The lowest BCUT2D eigenvalue weighted by Gasteiger charge is -2.05. The maximum atomic E-state index is 12.9. The van der Waals surface area contributed by atoms with Crippen LogP contribution >= 0.6 is 35.4 Å². The Balaban J connectivity index is 1.68. The first-order valence-corrected chi connectivity index (χ1v) is 8.52. The number of ether oxygens (including phenoxy) is 1. The van der Waals surface area contributed by atoms with Gasteiger partial charge in [-0.2, -0.15) is 0 Å². The van der Waals surface area contributed by atoms with Gasteiger partial charge in [0.1, 0.15) is 18.1 Å². The summed E-state index contributed by atoms with van der Waals surface area (Å²) in [6.07, 6.45) is 0. The molecule has 0 N–H and O–H groups in total. The third kappa shape index (κ3) is 4.49. The normalized spacial score (nSPS) is 10.7. The fraction of sp³-hybridized carbons (Fsp3) is 0.118. The van der Waals surface area contributed by atoms with E-state index in [1.54, 1.807) is 18.2 Å². The van der Waals surface area contributed by atoms with Gasteiger partial charge in [0.25, 0.3) is 10.7 Å². The number of hydrogen-bond acceptors (Lipinski definition) is 5. The van der Waals surface area contributed by atoms with E-state index in [-0.39, 0.29) is 29.7 Å². The second kappa shape index (κ2) is 7.99. The monoisotopic (exact) mass is 412 g/mol. The third-order valence-electron chi connectivity index (χ3n) is 3.35. The lowest BCUT2D eigenvalue weighted by Crippen LogP contribution is -2.12. The minimum atomic E-state index is -0.417. The first-order valence-electron chi connectivity index (χ1n) is 7.36. The average molecular weight is 413 g/mol. The van der Waals surface area contributed by atoms with Gasteiger partial charge in [-0.05, 0) is 54.7 Å². The molecule has 9 heteroatoms. The summed E-state index contributed by atoms with van der Waals surface area (Å²) >= 11 is 16.9. The lowest BCUT2D eigenvalue weighted by molar-refractivity contribution is 0.0966. The zero-order valence-corrected chi connectivity index (χ0v) is 15.4. The van der Waals surface area contributed by atoms with Crippen molar-refractivity contribution in [3.8, 4) is 5.75 Å². The van der Waals surface area contributed by atoms with Gasteiger partial charge < -0.3 is 9.15 Å². The van der Waals surface area contributed by atoms with E-state index in [2.05, 4.69) is 5.10 Å². The van der Waals surface area contributed by atoms with Crippen molar-refractivity contribution < 1.29 is 18.3 Å². The molecule has 0 fully saturated rings. The second-order valence-corrected chi connectivity index (χ2v) is 6.41. The summed E-state index contributed by atoms with van der Waals surface area (Å²) in [6.45, 7) is -0.154. The predicted molar refractivity (Wildman–Crippen MR) is 96.9 cm³/mol. The molecule has 0 aliphatic heterocycles. The van der Waals surface area contributed by atoms with Crippen LogP contribution in [-0.2, 0) is 13.2 Å². The van der Waals surface area contributed by atoms with E-state index in [1.165, 1.54) is 28.9 Å². The van der Waals surface area contributed by atoms with Crippen molar-refractivity contribution >= 4 is 41.2 Å². The number of nitrogens with zero attached hydrogens (tertiary/aromatic N) is 2. The quantitative estimate of drug-likeness (QED) is 0.415. The van der Waals surface area contributed by atoms with Crippen molar-refractivity contribution in [1.82, 2.24) is 9.78 Å². The van der Waals surface area contributed by atoms with Crippen molar-refractivity contribution in [1.29, 1.82) is 0 Å². The van der Waals surface area contributed by atoms with Crippen molar-refractivity contribution in [2.24, 2.45) is 0 Å². The van der Waals surface area contributed by atoms with Gasteiger partial charge in [-0.3, -0.25) is 4.79 Å². The number of Topliss-reactive ketones (excluding diaryl/α,β-unsaturated/α-hetero) is 1. The summed E-state index contributed by atoms with van der Waals surface area (Å²) in [5.74, 6) is -0.0930. The fourth-order valence-electron chi connectivity index (χ4n) is 2.10. The van der Waals surface area contributed by atoms with Crippen LogP contribution in [0.15, 0.2) is 46.9 Å². The first kappa shape index (κ1) is 18.6. The Bertz CT molecular complexity index is 1000. The Morgan fingerprint density at radius 2 is 1.96 bits per heavy atom. The van der Waals surface area contributed by atoms with Crippen molar-refractivity contribution in [3.63, 3.8) is 0 Å². The van der Waals surface area contributed by atoms with Gasteiger partial charge in [0.05, 0.1) is 5.02 Å². The molecule has 3 aromatic rings. The molecule has 0 aliphatic rings. The molecule has 1 heterocycles. The second-order valence-electron chi connectivity index (χ2n) is 5.21. The van der Waals surface area contributed by atoms with Gasteiger partial charge in [0.2, 0.25) is 0 Å². The van der Waals surface area contributed by atoms with E-state index in [4.69, 9.17) is 44.6 Å². The molecular formula is C17H11Cl2FN2O3S. The highest BCUT2D eigenvalue weighted by atomic mass is 35.5. The number of ketones is 1. The van der Waals surface area contributed by atoms with Crippen LogP contribution in [-0.4, -0.2) is 15.6 Å². The highest BCUT2D eigenvalue weighted by Gasteiger charge is 2.13. The number of halogens is 3. The molecule has 0 atom stereocenters. The largest absolute Gasteiger partial charge is 0.482 e. The molecule has 0 radical (unpaired) electrons. The standard InChI is InChI=1S/C17H11Cl2FN2O3S/c18-11-3-6-15(13(19)7-11)24-9-16-21-22(17(26)25-16)8-14(23)10-1-4-12(20)5-2-10/h1-7H,8-9H2. The number of rotatable bonds is 6. The number of aromatic nitrogens is 2. The van der Waals surface area contributed by atoms with Crippen LogP contribution in [0.4, 0.5) is 4.39 Å². The molecule has 0 amide bonds. The molecule has 0 spiro atoms. The Morgan fingerprint density at radius 1 is 1.23 bits per heavy atom. The molecule has 1 aromatic heterocycles. The molecule has 3 rings (SSSR count). The van der Waals surface area contributed by atoms with Crippen molar-refractivity contribution in [2.45, 2.75) is 13.2 Å². The van der Waals surface area contributed by atoms with Crippen LogP contribution in [0.25, 0.3) is 0 Å². The van der Waals surface area contributed by atoms with E-state index in [1.807, 2.05) is 0 Å². The minimum Gasteiger partial charge on any atom is -0.482 e. The molecule has 2 aromatic carbocycles. The number of carbonyl (C=O) groups is 1. The Hall–Kier alpha value is -2.22.